The quantitative estimate of drug-likeness (QED) is 0.735. The number of hydrogen-bond acceptors (Lipinski definition) is 4. The van der Waals surface area contributed by atoms with Crippen LogP contribution < -0.4 is 4.90 Å². The van der Waals surface area contributed by atoms with Crippen LogP contribution in [0, 0.1) is 5.82 Å². The van der Waals surface area contributed by atoms with Gasteiger partial charge in [0, 0.05) is 31.9 Å². The predicted octanol–water partition coefficient (Wildman–Crippen LogP) is 3.55. The molecular weight excluding hydrogens is 364 g/mol. The summed E-state index contributed by atoms with van der Waals surface area (Å²) in [6, 6.07) is 1.20. The summed E-state index contributed by atoms with van der Waals surface area (Å²) in [5.41, 5.74) is 1.59. The van der Waals surface area contributed by atoms with Crippen LogP contribution in [0.4, 0.5) is 23.2 Å². The van der Waals surface area contributed by atoms with Crippen LogP contribution in [0.2, 0.25) is 0 Å². The molecule has 0 bridgehead atoms. The van der Waals surface area contributed by atoms with Crippen LogP contribution in [0.25, 0.3) is 0 Å². The first kappa shape index (κ1) is 20.4. The Morgan fingerprint density at radius 2 is 1.74 bits per heavy atom. The van der Waals surface area contributed by atoms with Gasteiger partial charge in [-0.15, -0.1) is 0 Å². The van der Waals surface area contributed by atoms with Crippen molar-refractivity contribution in [3.05, 3.63) is 29.1 Å². The van der Waals surface area contributed by atoms with Crippen LogP contribution in [-0.2, 0) is 16.0 Å². The predicted molar refractivity (Wildman–Crippen MR) is 94.6 cm³/mol. The molecule has 1 aromatic carbocycles. The van der Waals surface area contributed by atoms with Crippen LogP contribution in [0.5, 0.6) is 0 Å². The molecule has 2 aliphatic rings. The normalized spacial score (nSPS) is 22.5. The zero-order valence-electron chi connectivity index (χ0n) is 15.7. The van der Waals surface area contributed by atoms with Gasteiger partial charge in [-0.25, -0.2) is 4.39 Å². The molecule has 0 aromatic heterocycles. The maximum Gasteiger partial charge on any atom is 0.411 e. The molecule has 2 fully saturated rings. The molecular formula is C19H26F4N2O2. The average Bonchev–Trinajstić information content (AvgIpc) is 2.61. The fourth-order valence-electron chi connectivity index (χ4n) is 3.79. The second-order valence-corrected chi connectivity index (χ2v) is 7.37. The summed E-state index contributed by atoms with van der Waals surface area (Å²) < 4.78 is 65.5. The summed E-state index contributed by atoms with van der Waals surface area (Å²) >= 11 is 0. The Balaban J connectivity index is 1.95. The van der Waals surface area contributed by atoms with E-state index in [0.29, 0.717) is 25.3 Å². The van der Waals surface area contributed by atoms with Crippen LogP contribution >= 0.6 is 0 Å². The number of rotatable bonds is 4. The topological polar surface area (TPSA) is 24.9 Å². The maximum atomic E-state index is 14.9. The Morgan fingerprint density at radius 1 is 1.07 bits per heavy atom. The van der Waals surface area contributed by atoms with Gasteiger partial charge in [0.2, 0.25) is 0 Å². The summed E-state index contributed by atoms with van der Waals surface area (Å²) in [7, 11) is 0. The Morgan fingerprint density at radius 3 is 2.37 bits per heavy atom. The lowest BCUT2D eigenvalue weighted by Crippen LogP contribution is -2.53. The smallest absolute Gasteiger partial charge is 0.379 e. The molecule has 2 heterocycles. The van der Waals surface area contributed by atoms with Gasteiger partial charge < -0.3 is 14.4 Å². The van der Waals surface area contributed by atoms with E-state index in [4.69, 9.17) is 9.47 Å². The zero-order valence-corrected chi connectivity index (χ0v) is 15.7. The highest BCUT2D eigenvalue weighted by Gasteiger charge is 2.45. The lowest BCUT2D eigenvalue weighted by molar-refractivity contribution is -0.167. The van der Waals surface area contributed by atoms with Crippen LogP contribution in [0.3, 0.4) is 0 Å². The molecule has 0 radical (unpaired) electrons. The van der Waals surface area contributed by atoms with Crippen molar-refractivity contribution in [2.75, 3.05) is 51.0 Å². The maximum absolute atomic E-state index is 14.9. The van der Waals surface area contributed by atoms with Gasteiger partial charge in [0.15, 0.2) is 0 Å². The van der Waals surface area contributed by atoms with Gasteiger partial charge in [0.05, 0.1) is 26.4 Å². The van der Waals surface area contributed by atoms with Crippen LogP contribution in [0.1, 0.15) is 30.9 Å². The largest absolute Gasteiger partial charge is 0.411 e. The molecule has 2 saturated heterocycles. The van der Waals surface area contributed by atoms with Crippen molar-refractivity contribution in [3.8, 4) is 0 Å². The standard InChI is InChI=1S/C19H26F4N2O2/c1-13(2)18-14(11-24-3-6-26-7-4-24)9-15(10-16(18)20)25-5-8-27-12-17(25)19(21,22)23/h9-10,13,17H,3-8,11-12H2,1-2H3/t17-/m1/s1. The second-order valence-electron chi connectivity index (χ2n) is 7.37. The van der Waals surface area contributed by atoms with Crippen LogP contribution in [-0.4, -0.2) is 63.2 Å². The van der Waals surface area contributed by atoms with Gasteiger partial charge >= 0.3 is 6.18 Å². The molecule has 0 saturated carbocycles. The number of anilines is 1. The van der Waals surface area contributed by atoms with E-state index in [1.807, 2.05) is 13.8 Å². The molecule has 0 spiro atoms. The third-order valence-electron chi connectivity index (χ3n) is 5.11. The second kappa shape index (κ2) is 8.32. The minimum Gasteiger partial charge on any atom is -0.379 e. The first-order chi connectivity index (χ1) is 12.8. The SMILES string of the molecule is CC(C)c1c(F)cc(N2CCOC[C@@H]2C(F)(F)F)cc1CN1CCOCC1. The molecule has 152 valence electrons. The van der Waals surface area contributed by atoms with Crippen molar-refractivity contribution >= 4 is 5.69 Å². The highest BCUT2D eigenvalue weighted by atomic mass is 19.4. The van der Waals surface area contributed by atoms with Gasteiger partial charge in [-0.05, 0) is 29.2 Å². The molecule has 0 amide bonds. The first-order valence-electron chi connectivity index (χ1n) is 9.31. The molecule has 0 N–H and O–H groups in total. The number of halogens is 4. The Bertz CT molecular complexity index is 645. The van der Waals surface area contributed by atoms with E-state index in [-0.39, 0.29) is 24.8 Å². The third-order valence-corrected chi connectivity index (χ3v) is 5.11. The van der Waals surface area contributed by atoms with Crippen molar-refractivity contribution in [1.82, 2.24) is 4.90 Å². The van der Waals surface area contributed by atoms with Crippen LogP contribution in [0.15, 0.2) is 12.1 Å². The van der Waals surface area contributed by atoms with Gasteiger partial charge in [0.1, 0.15) is 11.9 Å². The fraction of sp³-hybridized carbons (Fsp3) is 0.684. The number of morpholine rings is 2. The Kier molecular flexibility index (Phi) is 6.28. The summed E-state index contributed by atoms with van der Waals surface area (Å²) in [6.07, 6.45) is -4.43. The average molecular weight is 390 g/mol. The van der Waals surface area contributed by atoms with E-state index in [2.05, 4.69) is 4.90 Å². The third kappa shape index (κ3) is 4.73. The molecule has 27 heavy (non-hydrogen) atoms. The van der Waals surface area contributed by atoms with Crippen molar-refractivity contribution in [1.29, 1.82) is 0 Å². The summed E-state index contributed by atoms with van der Waals surface area (Å²) in [4.78, 5) is 3.37. The lowest BCUT2D eigenvalue weighted by Gasteiger charge is -2.39. The first-order valence-corrected chi connectivity index (χ1v) is 9.31. The lowest BCUT2D eigenvalue weighted by atomic mass is 9.94. The van der Waals surface area contributed by atoms with Gasteiger partial charge in [-0.3, -0.25) is 4.90 Å². The molecule has 0 aliphatic carbocycles. The van der Waals surface area contributed by atoms with E-state index in [1.54, 1.807) is 6.07 Å². The monoisotopic (exact) mass is 390 g/mol. The molecule has 8 heteroatoms. The van der Waals surface area contributed by atoms with Gasteiger partial charge in [-0.2, -0.15) is 13.2 Å². The number of nitrogens with zero attached hydrogens (tertiary/aromatic N) is 2. The molecule has 1 atom stereocenters. The van der Waals surface area contributed by atoms with Crippen molar-refractivity contribution < 1.29 is 27.0 Å². The molecule has 1 aromatic rings. The highest BCUT2D eigenvalue weighted by Crippen LogP contribution is 2.35. The summed E-state index contributed by atoms with van der Waals surface area (Å²) in [6.45, 7) is 6.82. The van der Waals surface area contributed by atoms with Crippen molar-refractivity contribution in [2.45, 2.75) is 38.5 Å². The summed E-state index contributed by atoms with van der Waals surface area (Å²) in [5.74, 6) is -0.503. The molecule has 3 rings (SSSR count). The minimum atomic E-state index is -4.43. The van der Waals surface area contributed by atoms with Crippen molar-refractivity contribution in [3.63, 3.8) is 0 Å². The number of benzene rings is 1. The van der Waals surface area contributed by atoms with E-state index in [1.165, 1.54) is 11.0 Å². The number of alkyl halides is 3. The molecule has 2 aliphatic heterocycles. The van der Waals surface area contributed by atoms with E-state index < -0.39 is 24.6 Å². The summed E-state index contributed by atoms with van der Waals surface area (Å²) in [5, 5.41) is 0. The minimum absolute atomic E-state index is 0.0572. The number of ether oxygens (including phenoxy) is 2. The van der Waals surface area contributed by atoms with E-state index in [9.17, 15) is 17.6 Å². The van der Waals surface area contributed by atoms with E-state index >= 15 is 0 Å². The Hall–Kier alpha value is -1.38. The fourth-order valence-corrected chi connectivity index (χ4v) is 3.79. The van der Waals surface area contributed by atoms with Gasteiger partial charge in [0.25, 0.3) is 0 Å². The van der Waals surface area contributed by atoms with Gasteiger partial charge in [-0.1, -0.05) is 13.8 Å². The Labute approximate surface area is 157 Å². The number of hydrogen-bond donors (Lipinski definition) is 0. The van der Waals surface area contributed by atoms with E-state index in [0.717, 1.165) is 18.7 Å². The molecule has 4 nitrogen and oxygen atoms in total. The highest BCUT2D eigenvalue weighted by molar-refractivity contribution is 5.54. The molecule has 0 unspecified atom stereocenters. The van der Waals surface area contributed by atoms with Crippen molar-refractivity contribution in [2.24, 2.45) is 0 Å². The zero-order chi connectivity index (χ0) is 19.6.